The van der Waals surface area contributed by atoms with E-state index < -0.39 is 0 Å². The molecule has 29 heavy (non-hydrogen) atoms. The topological polar surface area (TPSA) is 21.8 Å². The molecule has 0 amide bonds. The third-order valence-electron chi connectivity index (χ3n) is 6.27. The first-order chi connectivity index (χ1) is 14.3. The second kappa shape index (κ2) is 10.1. The first-order valence-electron chi connectivity index (χ1n) is 11.3. The lowest BCUT2D eigenvalue weighted by atomic mass is 10.2. The zero-order chi connectivity index (χ0) is 19.9. The quantitative estimate of drug-likeness (QED) is 0.648. The van der Waals surface area contributed by atoms with Crippen molar-refractivity contribution in [1.82, 2.24) is 10.2 Å². The van der Waals surface area contributed by atoms with Crippen LogP contribution in [0, 0.1) is 0 Å². The maximum absolute atomic E-state index is 3.59. The van der Waals surface area contributed by atoms with Gasteiger partial charge in [0.15, 0.2) is 0 Å². The third kappa shape index (κ3) is 5.74. The highest BCUT2D eigenvalue weighted by molar-refractivity contribution is 5.49. The molecule has 4 rings (SSSR count). The Bertz CT molecular complexity index is 728. The van der Waals surface area contributed by atoms with Crippen molar-refractivity contribution >= 4 is 11.4 Å². The molecule has 0 radical (unpaired) electrons. The lowest BCUT2D eigenvalue weighted by molar-refractivity contribution is 0.324. The van der Waals surface area contributed by atoms with Crippen LogP contribution in [0.4, 0.5) is 11.4 Å². The molecule has 0 atom stereocenters. The van der Waals surface area contributed by atoms with Crippen LogP contribution in [0.15, 0.2) is 48.5 Å². The van der Waals surface area contributed by atoms with Gasteiger partial charge >= 0.3 is 0 Å². The highest BCUT2D eigenvalue weighted by atomic mass is 15.1. The van der Waals surface area contributed by atoms with Gasteiger partial charge in [0.2, 0.25) is 0 Å². The van der Waals surface area contributed by atoms with Crippen LogP contribution in [0.1, 0.15) is 36.8 Å². The monoisotopic (exact) mass is 392 g/mol. The van der Waals surface area contributed by atoms with Gasteiger partial charge in [-0.3, -0.25) is 0 Å². The van der Waals surface area contributed by atoms with Crippen molar-refractivity contribution < 1.29 is 0 Å². The Morgan fingerprint density at radius 3 is 1.72 bits per heavy atom. The van der Waals surface area contributed by atoms with Crippen molar-refractivity contribution in [3.8, 4) is 0 Å². The summed E-state index contributed by atoms with van der Waals surface area (Å²) in [5.41, 5.74) is 5.52. The molecule has 2 aliphatic rings. The van der Waals surface area contributed by atoms with E-state index in [0.29, 0.717) is 0 Å². The smallest absolute Gasteiger partial charge is 0.0366 e. The molecule has 0 spiro atoms. The van der Waals surface area contributed by atoms with Gasteiger partial charge in [-0.1, -0.05) is 24.3 Å². The SMILES string of the molecule is CN(CCNCc1ccc(N2CCCC2)cc1)Cc1ccc(N2CCCC2)cc1. The van der Waals surface area contributed by atoms with Crippen LogP contribution in [0.2, 0.25) is 0 Å². The zero-order valence-corrected chi connectivity index (χ0v) is 17.9. The summed E-state index contributed by atoms with van der Waals surface area (Å²) in [5, 5.41) is 3.59. The first kappa shape index (κ1) is 20.2. The highest BCUT2D eigenvalue weighted by Crippen LogP contribution is 2.21. The minimum absolute atomic E-state index is 0.943. The molecular weight excluding hydrogens is 356 g/mol. The van der Waals surface area contributed by atoms with Crippen LogP contribution >= 0.6 is 0 Å². The number of hydrogen-bond acceptors (Lipinski definition) is 4. The molecule has 2 heterocycles. The molecule has 0 bridgehead atoms. The van der Waals surface area contributed by atoms with Gasteiger partial charge in [0.05, 0.1) is 0 Å². The van der Waals surface area contributed by atoms with Gasteiger partial charge in [0.25, 0.3) is 0 Å². The minimum Gasteiger partial charge on any atom is -0.372 e. The third-order valence-corrected chi connectivity index (χ3v) is 6.27. The minimum atomic E-state index is 0.943. The van der Waals surface area contributed by atoms with E-state index in [0.717, 1.165) is 26.2 Å². The number of nitrogens with zero attached hydrogens (tertiary/aromatic N) is 3. The largest absolute Gasteiger partial charge is 0.372 e. The maximum Gasteiger partial charge on any atom is 0.0366 e. The molecule has 0 saturated carbocycles. The van der Waals surface area contributed by atoms with Gasteiger partial charge in [-0.2, -0.15) is 0 Å². The van der Waals surface area contributed by atoms with Gasteiger partial charge in [-0.05, 0) is 68.1 Å². The summed E-state index contributed by atoms with van der Waals surface area (Å²) < 4.78 is 0. The van der Waals surface area contributed by atoms with Gasteiger partial charge in [-0.15, -0.1) is 0 Å². The van der Waals surface area contributed by atoms with Crippen molar-refractivity contribution in [2.75, 3.05) is 56.1 Å². The van der Waals surface area contributed by atoms with E-state index in [1.165, 1.54) is 74.4 Å². The summed E-state index contributed by atoms with van der Waals surface area (Å²) in [4.78, 5) is 7.38. The van der Waals surface area contributed by atoms with Crippen molar-refractivity contribution in [1.29, 1.82) is 0 Å². The number of benzene rings is 2. The van der Waals surface area contributed by atoms with E-state index in [1.807, 2.05) is 0 Å². The van der Waals surface area contributed by atoms with E-state index in [9.17, 15) is 0 Å². The molecule has 2 saturated heterocycles. The molecule has 2 aliphatic heterocycles. The first-order valence-corrected chi connectivity index (χ1v) is 11.3. The van der Waals surface area contributed by atoms with Crippen LogP contribution in [0.3, 0.4) is 0 Å². The molecular formula is C25H36N4. The summed E-state index contributed by atoms with van der Waals surface area (Å²) >= 11 is 0. The number of nitrogens with one attached hydrogen (secondary N) is 1. The van der Waals surface area contributed by atoms with Crippen LogP contribution in [0.25, 0.3) is 0 Å². The molecule has 0 aromatic heterocycles. The normalized spacial score (nSPS) is 16.9. The fraction of sp³-hybridized carbons (Fsp3) is 0.520. The molecule has 4 heteroatoms. The molecule has 2 fully saturated rings. The number of rotatable bonds is 9. The summed E-state index contributed by atoms with van der Waals surface area (Å²) in [7, 11) is 2.21. The predicted octanol–water partition coefficient (Wildman–Crippen LogP) is 4.11. The van der Waals surface area contributed by atoms with E-state index in [2.05, 4.69) is 75.6 Å². The van der Waals surface area contributed by atoms with Crippen LogP contribution < -0.4 is 15.1 Å². The van der Waals surface area contributed by atoms with Gasteiger partial charge in [-0.25, -0.2) is 0 Å². The van der Waals surface area contributed by atoms with E-state index in [-0.39, 0.29) is 0 Å². The molecule has 156 valence electrons. The van der Waals surface area contributed by atoms with Gasteiger partial charge in [0, 0.05) is 63.7 Å². The second-order valence-electron chi connectivity index (χ2n) is 8.64. The van der Waals surface area contributed by atoms with E-state index in [1.54, 1.807) is 0 Å². The average Bonchev–Trinajstić information content (AvgIpc) is 3.46. The zero-order valence-electron chi connectivity index (χ0n) is 17.9. The molecule has 1 N–H and O–H groups in total. The Morgan fingerprint density at radius 2 is 1.21 bits per heavy atom. The van der Waals surface area contributed by atoms with Crippen LogP contribution in [-0.4, -0.2) is 51.2 Å². The predicted molar refractivity (Wildman–Crippen MR) is 124 cm³/mol. The molecule has 0 unspecified atom stereocenters. The molecule has 0 aliphatic carbocycles. The number of hydrogen-bond donors (Lipinski definition) is 1. The van der Waals surface area contributed by atoms with Crippen molar-refractivity contribution in [3.05, 3.63) is 59.7 Å². The Balaban J connectivity index is 1.15. The van der Waals surface area contributed by atoms with Crippen molar-refractivity contribution in [3.63, 3.8) is 0 Å². The lowest BCUT2D eigenvalue weighted by Crippen LogP contribution is -2.28. The van der Waals surface area contributed by atoms with Crippen molar-refractivity contribution in [2.24, 2.45) is 0 Å². The van der Waals surface area contributed by atoms with E-state index in [4.69, 9.17) is 0 Å². The standard InChI is InChI=1S/C25H36N4/c1-27(21-23-8-12-25(13-9-23)29-17-4-5-18-29)19-14-26-20-22-6-10-24(11-7-22)28-15-2-3-16-28/h6-13,26H,2-5,14-21H2,1H3. The molecule has 2 aromatic carbocycles. The Labute approximate surface area is 176 Å². The second-order valence-corrected chi connectivity index (χ2v) is 8.64. The fourth-order valence-corrected chi connectivity index (χ4v) is 4.48. The van der Waals surface area contributed by atoms with Crippen molar-refractivity contribution in [2.45, 2.75) is 38.8 Å². The Morgan fingerprint density at radius 1 is 0.724 bits per heavy atom. The maximum atomic E-state index is 3.59. The molecule has 2 aromatic rings. The fourth-order valence-electron chi connectivity index (χ4n) is 4.48. The summed E-state index contributed by atoms with van der Waals surface area (Å²) in [6.07, 6.45) is 5.33. The lowest BCUT2D eigenvalue weighted by Gasteiger charge is -2.20. The highest BCUT2D eigenvalue weighted by Gasteiger charge is 2.12. The summed E-state index contributed by atoms with van der Waals surface area (Å²) in [6, 6.07) is 18.3. The average molecular weight is 393 g/mol. The number of anilines is 2. The Hall–Kier alpha value is -2.04. The summed E-state index contributed by atoms with van der Waals surface area (Å²) in [5.74, 6) is 0. The van der Waals surface area contributed by atoms with E-state index >= 15 is 0 Å². The van der Waals surface area contributed by atoms with Crippen LogP contribution in [-0.2, 0) is 13.1 Å². The van der Waals surface area contributed by atoms with Gasteiger partial charge in [0.1, 0.15) is 0 Å². The summed E-state index contributed by atoms with van der Waals surface area (Å²) in [6.45, 7) is 8.87. The van der Waals surface area contributed by atoms with Crippen LogP contribution in [0.5, 0.6) is 0 Å². The molecule has 4 nitrogen and oxygen atoms in total. The number of likely N-dealkylation sites (N-methyl/N-ethyl adjacent to an activating group) is 1. The Kier molecular flexibility index (Phi) is 7.07. The van der Waals surface area contributed by atoms with Gasteiger partial charge < -0.3 is 20.0 Å².